The van der Waals surface area contributed by atoms with E-state index in [1.807, 2.05) is 41.8 Å². The van der Waals surface area contributed by atoms with E-state index in [9.17, 15) is 0 Å². The number of fused-ring (bicyclic) bond motifs is 1. The quantitative estimate of drug-likeness (QED) is 0.769. The van der Waals surface area contributed by atoms with Gasteiger partial charge in [0.25, 0.3) is 0 Å². The van der Waals surface area contributed by atoms with Crippen LogP contribution in [0.15, 0.2) is 36.5 Å². The summed E-state index contributed by atoms with van der Waals surface area (Å²) in [5.41, 5.74) is 9.33. The molecular weight excluding hydrogens is 250 g/mol. The van der Waals surface area contributed by atoms with E-state index in [-0.39, 0.29) is 6.42 Å². The molecule has 2 aromatic heterocycles. The molecule has 0 radical (unpaired) electrons. The summed E-state index contributed by atoms with van der Waals surface area (Å²) >= 11 is 0. The Morgan fingerprint density at radius 1 is 1.35 bits per heavy atom. The molecule has 2 heterocycles. The van der Waals surface area contributed by atoms with Crippen molar-refractivity contribution in [1.82, 2.24) is 14.5 Å². The van der Waals surface area contributed by atoms with Crippen molar-refractivity contribution >= 4 is 16.7 Å². The lowest BCUT2D eigenvalue weighted by atomic mass is 10.2. The molecule has 20 heavy (non-hydrogen) atoms. The van der Waals surface area contributed by atoms with Gasteiger partial charge in [0.1, 0.15) is 11.6 Å². The molecule has 0 atom stereocenters. The van der Waals surface area contributed by atoms with E-state index in [2.05, 4.69) is 16.0 Å². The van der Waals surface area contributed by atoms with Gasteiger partial charge < -0.3 is 5.73 Å². The summed E-state index contributed by atoms with van der Waals surface area (Å²) in [6.07, 6.45) is 1.96. The molecule has 5 nitrogen and oxygen atoms in total. The summed E-state index contributed by atoms with van der Waals surface area (Å²) in [4.78, 5) is 8.90. The SMILES string of the molecule is Cc1cnc(-n2c(CC#N)nc3ccccc32)cc1N. The molecule has 0 aliphatic heterocycles. The highest BCUT2D eigenvalue weighted by Gasteiger charge is 2.13. The fraction of sp³-hybridized carbons (Fsp3) is 0.133. The Hall–Kier alpha value is -2.87. The topological polar surface area (TPSA) is 80.5 Å². The molecular formula is C15H13N5. The Balaban J connectivity index is 2.30. The normalized spacial score (nSPS) is 10.6. The number of nitriles is 1. The summed E-state index contributed by atoms with van der Waals surface area (Å²) in [5, 5.41) is 8.97. The number of para-hydroxylation sites is 2. The molecule has 1 aromatic carbocycles. The zero-order valence-electron chi connectivity index (χ0n) is 11.0. The van der Waals surface area contributed by atoms with Crippen LogP contribution in [0.1, 0.15) is 11.4 Å². The Bertz CT molecular complexity index is 826. The van der Waals surface area contributed by atoms with Gasteiger partial charge in [0.15, 0.2) is 0 Å². The van der Waals surface area contributed by atoms with Gasteiger partial charge in [-0.25, -0.2) is 9.97 Å². The number of hydrogen-bond acceptors (Lipinski definition) is 4. The lowest BCUT2D eigenvalue weighted by molar-refractivity contribution is 0.920. The predicted octanol–water partition coefficient (Wildman–Crippen LogP) is 2.38. The van der Waals surface area contributed by atoms with E-state index in [1.54, 1.807) is 6.20 Å². The molecule has 3 aromatic rings. The number of hydrogen-bond donors (Lipinski definition) is 1. The number of rotatable bonds is 2. The maximum Gasteiger partial charge on any atom is 0.140 e. The number of anilines is 1. The number of imidazole rings is 1. The van der Waals surface area contributed by atoms with Gasteiger partial charge in [0.05, 0.1) is 23.5 Å². The van der Waals surface area contributed by atoms with Gasteiger partial charge in [0, 0.05) is 18.0 Å². The third-order valence-electron chi connectivity index (χ3n) is 3.23. The second-order valence-corrected chi connectivity index (χ2v) is 4.59. The first-order chi connectivity index (χ1) is 9.70. The number of pyridine rings is 1. The molecule has 0 saturated heterocycles. The van der Waals surface area contributed by atoms with Crippen molar-refractivity contribution in [2.45, 2.75) is 13.3 Å². The largest absolute Gasteiger partial charge is 0.398 e. The maximum atomic E-state index is 8.97. The fourth-order valence-electron chi connectivity index (χ4n) is 2.17. The summed E-state index contributed by atoms with van der Waals surface area (Å²) in [7, 11) is 0. The molecule has 0 saturated carbocycles. The standard InChI is InChI=1S/C15H13N5/c1-10-9-18-15(8-11(10)17)20-13-5-3-2-4-12(13)19-14(20)6-7-16/h2-5,8-9H,6H2,1H3,(H2,17,18). The molecule has 0 bridgehead atoms. The molecule has 98 valence electrons. The van der Waals surface area contributed by atoms with Gasteiger partial charge in [0.2, 0.25) is 0 Å². The molecule has 0 unspecified atom stereocenters. The van der Waals surface area contributed by atoms with E-state index in [0.29, 0.717) is 17.3 Å². The Kier molecular flexibility index (Phi) is 2.84. The van der Waals surface area contributed by atoms with Crippen LogP contribution in [-0.4, -0.2) is 14.5 Å². The van der Waals surface area contributed by atoms with Crippen LogP contribution < -0.4 is 5.73 Å². The van der Waals surface area contributed by atoms with Crippen LogP contribution in [0.25, 0.3) is 16.9 Å². The van der Waals surface area contributed by atoms with Crippen molar-refractivity contribution < 1.29 is 0 Å². The Labute approximate surface area is 116 Å². The molecule has 0 amide bonds. The molecule has 2 N–H and O–H groups in total. The van der Waals surface area contributed by atoms with E-state index in [0.717, 1.165) is 16.6 Å². The first-order valence-electron chi connectivity index (χ1n) is 6.26. The summed E-state index contributed by atoms with van der Waals surface area (Å²) < 4.78 is 1.88. The second kappa shape index (κ2) is 4.67. The number of benzene rings is 1. The third kappa shape index (κ3) is 1.88. The van der Waals surface area contributed by atoms with Crippen LogP contribution in [-0.2, 0) is 6.42 Å². The van der Waals surface area contributed by atoms with Crippen molar-refractivity contribution in [3.05, 3.63) is 47.9 Å². The van der Waals surface area contributed by atoms with Crippen LogP contribution in [0.4, 0.5) is 5.69 Å². The highest BCUT2D eigenvalue weighted by atomic mass is 15.1. The number of aryl methyl sites for hydroxylation is 1. The summed E-state index contributed by atoms with van der Waals surface area (Å²) in [6, 6.07) is 11.7. The Morgan fingerprint density at radius 3 is 2.90 bits per heavy atom. The maximum absolute atomic E-state index is 8.97. The third-order valence-corrected chi connectivity index (χ3v) is 3.23. The van der Waals surface area contributed by atoms with E-state index < -0.39 is 0 Å². The van der Waals surface area contributed by atoms with Gasteiger partial charge in [-0.05, 0) is 24.6 Å². The monoisotopic (exact) mass is 263 g/mol. The number of nitrogens with zero attached hydrogens (tertiary/aromatic N) is 4. The average Bonchev–Trinajstić information content (AvgIpc) is 2.80. The smallest absolute Gasteiger partial charge is 0.140 e. The first kappa shape index (κ1) is 12.2. The van der Waals surface area contributed by atoms with Crippen LogP contribution in [0.2, 0.25) is 0 Å². The van der Waals surface area contributed by atoms with E-state index >= 15 is 0 Å². The lowest BCUT2D eigenvalue weighted by Crippen LogP contribution is -2.04. The lowest BCUT2D eigenvalue weighted by Gasteiger charge is -2.08. The highest BCUT2D eigenvalue weighted by Crippen LogP contribution is 2.22. The van der Waals surface area contributed by atoms with Crippen molar-refractivity contribution in [2.75, 3.05) is 5.73 Å². The zero-order valence-corrected chi connectivity index (χ0v) is 11.0. The van der Waals surface area contributed by atoms with Crippen LogP contribution in [0.3, 0.4) is 0 Å². The number of aromatic nitrogens is 3. The van der Waals surface area contributed by atoms with Crippen molar-refractivity contribution in [2.24, 2.45) is 0 Å². The Morgan fingerprint density at radius 2 is 2.15 bits per heavy atom. The minimum Gasteiger partial charge on any atom is -0.398 e. The highest BCUT2D eigenvalue weighted by molar-refractivity contribution is 5.78. The number of nitrogen functional groups attached to an aromatic ring is 1. The molecule has 0 spiro atoms. The van der Waals surface area contributed by atoms with Gasteiger partial charge in [-0.15, -0.1) is 0 Å². The van der Waals surface area contributed by atoms with E-state index in [4.69, 9.17) is 11.0 Å². The van der Waals surface area contributed by atoms with Crippen molar-refractivity contribution in [3.63, 3.8) is 0 Å². The van der Waals surface area contributed by atoms with Crippen LogP contribution >= 0.6 is 0 Å². The fourth-order valence-corrected chi connectivity index (χ4v) is 2.17. The second-order valence-electron chi connectivity index (χ2n) is 4.59. The van der Waals surface area contributed by atoms with E-state index in [1.165, 1.54) is 0 Å². The van der Waals surface area contributed by atoms with Gasteiger partial charge in [-0.3, -0.25) is 4.57 Å². The van der Waals surface area contributed by atoms with Crippen LogP contribution in [0, 0.1) is 18.3 Å². The average molecular weight is 263 g/mol. The predicted molar refractivity (Wildman–Crippen MR) is 77.3 cm³/mol. The van der Waals surface area contributed by atoms with Crippen molar-refractivity contribution in [1.29, 1.82) is 5.26 Å². The van der Waals surface area contributed by atoms with Gasteiger partial charge in [-0.1, -0.05) is 12.1 Å². The first-order valence-corrected chi connectivity index (χ1v) is 6.26. The molecule has 0 aliphatic carbocycles. The number of nitrogens with two attached hydrogens (primary N) is 1. The van der Waals surface area contributed by atoms with Gasteiger partial charge >= 0.3 is 0 Å². The minimum absolute atomic E-state index is 0.226. The van der Waals surface area contributed by atoms with Gasteiger partial charge in [-0.2, -0.15) is 5.26 Å². The zero-order chi connectivity index (χ0) is 14.1. The van der Waals surface area contributed by atoms with Crippen LogP contribution in [0.5, 0.6) is 0 Å². The minimum atomic E-state index is 0.226. The van der Waals surface area contributed by atoms with Crippen molar-refractivity contribution in [3.8, 4) is 11.9 Å². The molecule has 0 aliphatic rings. The summed E-state index contributed by atoms with van der Waals surface area (Å²) in [5.74, 6) is 1.36. The summed E-state index contributed by atoms with van der Waals surface area (Å²) in [6.45, 7) is 1.91. The molecule has 3 rings (SSSR count). The molecule has 5 heteroatoms. The molecule has 0 fully saturated rings.